The molecule has 29 heavy (non-hydrogen) atoms. The first-order chi connectivity index (χ1) is 14.0. The minimum atomic E-state index is -0.495. The Morgan fingerprint density at radius 1 is 1.07 bits per heavy atom. The number of nitrogens with zero attached hydrogens (tertiary/aromatic N) is 2. The first-order valence-corrected chi connectivity index (χ1v) is 10.1. The number of hydrogen-bond acceptors (Lipinski definition) is 4. The number of hydrogen-bond donors (Lipinski definition) is 1. The molecule has 2 aromatic rings. The predicted octanol–water partition coefficient (Wildman–Crippen LogP) is 3.37. The van der Waals surface area contributed by atoms with Gasteiger partial charge in [-0.1, -0.05) is 41.9 Å². The molecular weight excluding hydrogens is 388 g/mol. The van der Waals surface area contributed by atoms with E-state index < -0.39 is 6.61 Å². The molecule has 6 heteroatoms. The van der Waals surface area contributed by atoms with Crippen molar-refractivity contribution in [1.82, 2.24) is 4.90 Å². The van der Waals surface area contributed by atoms with E-state index in [-0.39, 0.29) is 17.6 Å². The van der Waals surface area contributed by atoms with Crippen LogP contribution in [0.4, 0.5) is 5.69 Å². The first kappa shape index (κ1) is 21.1. The summed E-state index contributed by atoms with van der Waals surface area (Å²) < 4.78 is 0. The van der Waals surface area contributed by atoms with E-state index in [2.05, 4.69) is 4.90 Å². The van der Waals surface area contributed by atoms with E-state index >= 15 is 0 Å². The zero-order valence-corrected chi connectivity index (χ0v) is 17.2. The maximum Gasteiger partial charge on any atom is 0.229 e. The third kappa shape index (κ3) is 5.25. The molecule has 1 aliphatic heterocycles. The highest BCUT2D eigenvalue weighted by Gasteiger charge is 2.26. The average Bonchev–Trinajstić information content (AvgIpc) is 2.77. The predicted molar refractivity (Wildman–Crippen MR) is 116 cm³/mol. The number of carbonyl (C=O) groups is 2. The van der Waals surface area contributed by atoms with Gasteiger partial charge in [0.2, 0.25) is 5.91 Å². The highest BCUT2D eigenvalue weighted by atomic mass is 35.5. The lowest BCUT2D eigenvalue weighted by Gasteiger charge is -2.38. The molecule has 1 amide bonds. The Balaban J connectivity index is 1.65. The molecule has 0 bridgehead atoms. The van der Waals surface area contributed by atoms with Crippen LogP contribution in [0.1, 0.15) is 24.0 Å². The molecule has 1 N–H and O–H groups in total. The van der Waals surface area contributed by atoms with Gasteiger partial charge in [0, 0.05) is 36.9 Å². The molecule has 3 rings (SSSR count). The molecule has 0 radical (unpaired) electrons. The summed E-state index contributed by atoms with van der Waals surface area (Å²) in [4.78, 5) is 28.4. The van der Waals surface area contributed by atoms with E-state index in [1.807, 2.05) is 60.4 Å². The number of aliphatic hydroxyl groups is 1. The zero-order valence-electron chi connectivity index (χ0n) is 16.4. The van der Waals surface area contributed by atoms with Crippen LogP contribution in [-0.2, 0) is 9.59 Å². The fraction of sp³-hybridized carbons (Fsp3) is 0.304. The molecule has 1 fully saturated rings. The van der Waals surface area contributed by atoms with Gasteiger partial charge in [0.05, 0.1) is 5.92 Å². The number of piperazine rings is 1. The molecule has 1 atom stereocenters. The second-order valence-electron chi connectivity index (χ2n) is 7.10. The van der Waals surface area contributed by atoms with Gasteiger partial charge in [0.15, 0.2) is 5.78 Å². The van der Waals surface area contributed by atoms with Crippen LogP contribution in [-0.4, -0.2) is 54.5 Å². The van der Waals surface area contributed by atoms with E-state index in [1.54, 1.807) is 6.08 Å². The van der Waals surface area contributed by atoms with Gasteiger partial charge in [0.25, 0.3) is 0 Å². The van der Waals surface area contributed by atoms with Gasteiger partial charge in [-0.05, 0) is 48.4 Å². The molecule has 5 nitrogen and oxygen atoms in total. The van der Waals surface area contributed by atoms with Crippen molar-refractivity contribution in [2.24, 2.45) is 0 Å². The third-order valence-corrected chi connectivity index (χ3v) is 5.47. The molecule has 0 aliphatic carbocycles. The van der Waals surface area contributed by atoms with Gasteiger partial charge >= 0.3 is 0 Å². The molecule has 0 saturated carbocycles. The zero-order chi connectivity index (χ0) is 20.8. The van der Waals surface area contributed by atoms with Crippen molar-refractivity contribution >= 4 is 35.1 Å². The standard InChI is InChI=1S/C23H25ClN2O3/c1-17(18-6-9-20(24)10-7-18)23(29)26-14-12-25(13-15-26)22-5-3-2-4-19(22)8-11-21(28)16-27/h2-11,17,27H,12-16H2,1H3/b11-8+. The number of anilines is 1. The van der Waals surface area contributed by atoms with Crippen LogP contribution in [0, 0.1) is 0 Å². The molecule has 0 aromatic heterocycles. The minimum Gasteiger partial charge on any atom is -0.388 e. The molecule has 0 spiro atoms. The molecule has 1 unspecified atom stereocenters. The van der Waals surface area contributed by atoms with Gasteiger partial charge in [-0.3, -0.25) is 9.59 Å². The quantitative estimate of drug-likeness (QED) is 0.739. The summed E-state index contributed by atoms with van der Waals surface area (Å²) in [6.45, 7) is 4.16. The largest absolute Gasteiger partial charge is 0.388 e. The fourth-order valence-corrected chi connectivity index (χ4v) is 3.61. The second kappa shape index (κ2) is 9.72. The summed E-state index contributed by atoms with van der Waals surface area (Å²) >= 11 is 5.94. The Labute approximate surface area is 176 Å². The maximum absolute atomic E-state index is 12.9. The average molecular weight is 413 g/mol. The summed E-state index contributed by atoms with van der Waals surface area (Å²) in [6, 6.07) is 15.2. The lowest BCUT2D eigenvalue weighted by Crippen LogP contribution is -2.50. The lowest BCUT2D eigenvalue weighted by atomic mass is 9.99. The van der Waals surface area contributed by atoms with Crippen LogP contribution in [0.2, 0.25) is 5.02 Å². The van der Waals surface area contributed by atoms with Crippen molar-refractivity contribution in [2.45, 2.75) is 12.8 Å². The number of aliphatic hydroxyl groups excluding tert-OH is 1. The number of ketones is 1. The van der Waals surface area contributed by atoms with Crippen molar-refractivity contribution in [3.05, 3.63) is 70.8 Å². The second-order valence-corrected chi connectivity index (χ2v) is 7.54. The number of para-hydroxylation sites is 1. The van der Waals surface area contributed by atoms with Crippen LogP contribution in [0.3, 0.4) is 0 Å². The molecule has 1 heterocycles. The van der Waals surface area contributed by atoms with Crippen molar-refractivity contribution in [3.63, 3.8) is 0 Å². The van der Waals surface area contributed by atoms with Crippen LogP contribution in [0.25, 0.3) is 6.08 Å². The summed E-state index contributed by atoms with van der Waals surface area (Å²) in [5.41, 5.74) is 2.90. The van der Waals surface area contributed by atoms with Crippen molar-refractivity contribution in [2.75, 3.05) is 37.7 Å². The Morgan fingerprint density at radius 2 is 1.72 bits per heavy atom. The summed E-state index contributed by atoms with van der Waals surface area (Å²) in [5, 5.41) is 9.56. The monoisotopic (exact) mass is 412 g/mol. The van der Waals surface area contributed by atoms with E-state index in [0.717, 1.165) is 29.9 Å². The first-order valence-electron chi connectivity index (χ1n) is 9.69. The van der Waals surface area contributed by atoms with Crippen molar-refractivity contribution in [3.8, 4) is 0 Å². The molecular formula is C23H25ClN2O3. The van der Waals surface area contributed by atoms with Gasteiger partial charge in [-0.15, -0.1) is 0 Å². The van der Waals surface area contributed by atoms with Gasteiger partial charge in [0.1, 0.15) is 6.61 Å². The third-order valence-electron chi connectivity index (χ3n) is 5.21. The normalized spacial score (nSPS) is 15.6. The van der Waals surface area contributed by atoms with Crippen molar-refractivity contribution in [1.29, 1.82) is 0 Å². The molecule has 1 aliphatic rings. The highest BCUT2D eigenvalue weighted by Crippen LogP contribution is 2.25. The number of rotatable bonds is 6. The van der Waals surface area contributed by atoms with Gasteiger partial charge < -0.3 is 14.9 Å². The number of carbonyl (C=O) groups excluding carboxylic acids is 2. The van der Waals surface area contributed by atoms with E-state index in [0.29, 0.717) is 18.1 Å². The number of halogens is 1. The molecule has 2 aromatic carbocycles. The van der Waals surface area contributed by atoms with Gasteiger partial charge in [-0.25, -0.2) is 0 Å². The van der Waals surface area contributed by atoms with Crippen LogP contribution in [0.5, 0.6) is 0 Å². The Morgan fingerprint density at radius 3 is 2.38 bits per heavy atom. The molecule has 1 saturated heterocycles. The van der Waals surface area contributed by atoms with Crippen LogP contribution >= 0.6 is 11.6 Å². The Hall–Kier alpha value is -2.63. The van der Waals surface area contributed by atoms with Crippen LogP contribution in [0.15, 0.2) is 54.6 Å². The van der Waals surface area contributed by atoms with E-state index in [1.165, 1.54) is 6.08 Å². The summed E-state index contributed by atoms with van der Waals surface area (Å²) in [6.07, 6.45) is 3.13. The van der Waals surface area contributed by atoms with Crippen molar-refractivity contribution < 1.29 is 14.7 Å². The maximum atomic E-state index is 12.9. The highest BCUT2D eigenvalue weighted by molar-refractivity contribution is 6.30. The Bertz CT molecular complexity index is 887. The Kier molecular flexibility index (Phi) is 7.07. The van der Waals surface area contributed by atoms with E-state index in [4.69, 9.17) is 16.7 Å². The topological polar surface area (TPSA) is 60.9 Å². The smallest absolute Gasteiger partial charge is 0.229 e. The molecule has 152 valence electrons. The van der Waals surface area contributed by atoms with Crippen LogP contribution < -0.4 is 4.90 Å². The number of benzene rings is 2. The summed E-state index contributed by atoms with van der Waals surface area (Å²) in [5.74, 6) is -0.418. The number of amides is 1. The SMILES string of the molecule is CC(C(=O)N1CCN(c2ccccc2/C=C/C(=O)CO)CC1)c1ccc(Cl)cc1. The minimum absolute atomic E-state index is 0.119. The van der Waals surface area contributed by atoms with E-state index in [9.17, 15) is 9.59 Å². The fourth-order valence-electron chi connectivity index (χ4n) is 3.49. The van der Waals surface area contributed by atoms with Gasteiger partial charge in [-0.2, -0.15) is 0 Å². The lowest BCUT2D eigenvalue weighted by molar-refractivity contribution is -0.132. The summed E-state index contributed by atoms with van der Waals surface area (Å²) in [7, 11) is 0.